The summed E-state index contributed by atoms with van der Waals surface area (Å²) < 4.78 is 24.7. The molecule has 1 aromatic carbocycles. The fourth-order valence-corrected chi connectivity index (χ4v) is 3.90. The lowest BCUT2D eigenvalue weighted by atomic mass is 9.94. The molecule has 1 aliphatic carbocycles. The van der Waals surface area contributed by atoms with E-state index in [2.05, 4.69) is 17.1 Å². The van der Waals surface area contributed by atoms with Gasteiger partial charge in [0.15, 0.2) is 5.41 Å². The number of hydrogen-bond acceptors (Lipinski definition) is 6. The Balaban J connectivity index is 1.94. The fourth-order valence-electron chi connectivity index (χ4n) is 3.90. The van der Waals surface area contributed by atoms with Crippen LogP contribution in [0.5, 0.6) is 0 Å². The molecule has 1 saturated heterocycles. The van der Waals surface area contributed by atoms with Crippen LogP contribution in [0.3, 0.4) is 0 Å². The van der Waals surface area contributed by atoms with Gasteiger partial charge in [0.2, 0.25) is 0 Å². The van der Waals surface area contributed by atoms with E-state index in [1.807, 2.05) is 0 Å². The van der Waals surface area contributed by atoms with Crippen molar-refractivity contribution in [3.05, 3.63) is 35.6 Å². The Labute approximate surface area is 125 Å². The summed E-state index contributed by atoms with van der Waals surface area (Å²) in [4.78, 5) is 4.15. The lowest BCUT2D eigenvalue weighted by Gasteiger charge is -2.25. The molecule has 1 aromatic rings. The number of hydrogen-bond donors (Lipinski definition) is 1. The number of halogens is 1. The standard InChI is InChI=1S/C15H11FN4O2/c16-10-3-1-2-9(6-10)11-13(7-17)12(19)20-15(14(11,13)8-18)21-4-5-22-15/h1-3,6,11H,4-5H2,(H2,19,20)/t11-,13+,14-/m1/s1. The number of fused-ring (bicyclic) bond motifs is 2. The van der Waals surface area contributed by atoms with Gasteiger partial charge in [-0.3, -0.25) is 0 Å². The van der Waals surface area contributed by atoms with Crippen LogP contribution in [0.25, 0.3) is 0 Å². The zero-order valence-electron chi connectivity index (χ0n) is 11.4. The summed E-state index contributed by atoms with van der Waals surface area (Å²) in [5.74, 6) is -2.64. The van der Waals surface area contributed by atoms with Crippen molar-refractivity contribution in [1.29, 1.82) is 10.5 Å². The maximum Gasteiger partial charge on any atom is 0.293 e. The topological polar surface area (TPSA) is 104 Å². The molecule has 0 radical (unpaired) electrons. The molecule has 4 rings (SSSR count). The first-order valence-corrected chi connectivity index (χ1v) is 6.80. The van der Waals surface area contributed by atoms with Crippen LogP contribution in [-0.2, 0) is 9.47 Å². The van der Waals surface area contributed by atoms with E-state index in [1.165, 1.54) is 18.2 Å². The lowest BCUT2D eigenvalue weighted by Crippen LogP contribution is -2.38. The summed E-state index contributed by atoms with van der Waals surface area (Å²) in [6, 6.07) is 10.1. The van der Waals surface area contributed by atoms with Crippen molar-refractivity contribution in [2.75, 3.05) is 13.2 Å². The number of ether oxygens (including phenoxy) is 2. The molecule has 2 N–H and O–H groups in total. The monoisotopic (exact) mass is 298 g/mol. The summed E-state index contributed by atoms with van der Waals surface area (Å²) >= 11 is 0. The highest BCUT2D eigenvalue weighted by atomic mass is 19.1. The number of rotatable bonds is 1. The molecule has 3 aliphatic rings. The minimum absolute atomic E-state index is 0.00714. The van der Waals surface area contributed by atoms with Crippen molar-refractivity contribution in [3.8, 4) is 12.1 Å². The summed E-state index contributed by atoms with van der Waals surface area (Å²) in [5.41, 5.74) is 3.75. The Hall–Kier alpha value is -2.48. The maximum absolute atomic E-state index is 13.6. The highest BCUT2D eigenvalue weighted by Crippen LogP contribution is 2.82. The molecule has 2 aliphatic heterocycles. The molecule has 6 nitrogen and oxygen atoms in total. The Morgan fingerprint density at radius 3 is 2.59 bits per heavy atom. The fraction of sp³-hybridized carbons (Fsp3) is 0.400. The molecule has 2 fully saturated rings. The first-order valence-electron chi connectivity index (χ1n) is 6.80. The molecule has 0 amide bonds. The van der Waals surface area contributed by atoms with Gasteiger partial charge in [-0.05, 0) is 17.7 Å². The number of amidine groups is 1. The molecule has 0 aromatic heterocycles. The third-order valence-corrected chi connectivity index (χ3v) is 4.79. The summed E-state index contributed by atoms with van der Waals surface area (Å²) in [6.45, 7) is 0.523. The molecule has 22 heavy (non-hydrogen) atoms. The van der Waals surface area contributed by atoms with Gasteiger partial charge < -0.3 is 15.2 Å². The van der Waals surface area contributed by atoms with Gasteiger partial charge in [0.1, 0.15) is 17.1 Å². The maximum atomic E-state index is 13.6. The Bertz CT molecular complexity index is 789. The van der Waals surface area contributed by atoms with Gasteiger partial charge in [-0.15, -0.1) is 0 Å². The molecule has 2 heterocycles. The third kappa shape index (κ3) is 1.11. The Morgan fingerprint density at radius 1 is 1.27 bits per heavy atom. The second kappa shape index (κ2) is 3.83. The third-order valence-electron chi connectivity index (χ3n) is 4.79. The molecule has 0 bridgehead atoms. The van der Waals surface area contributed by atoms with E-state index >= 15 is 0 Å². The zero-order chi connectivity index (χ0) is 15.6. The van der Waals surface area contributed by atoms with E-state index in [0.717, 1.165) is 0 Å². The number of benzene rings is 1. The van der Waals surface area contributed by atoms with Gasteiger partial charge in [-0.2, -0.15) is 10.5 Å². The minimum Gasteiger partial charge on any atom is -0.386 e. The SMILES string of the molecule is N#C[C@@]12[C@H](c3cccc(F)c3)[C@@]1(C#N)C(N)=NC21OCCO1. The van der Waals surface area contributed by atoms with E-state index in [0.29, 0.717) is 5.56 Å². The van der Waals surface area contributed by atoms with Crippen molar-refractivity contribution in [3.63, 3.8) is 0 Å². The van der Waals surface area contributed by atoms with Gasteiger partial charge in [0.05, 0.1) is 25.4 Å². The quantitative estimate of drug-likeness (QED) is 0.833. The van der Waals surface area contributed by atoms with Gasteiger partial charge in [-0.25, -0.2) is 9.38 Å². The van der Waals surface area contributed by atoms with Gasteiger partial charge in [0, 0.05) is 5.92 Å². The van der Waals surface area contributed by atoms with Crippen LogP contribution in [-0.4, -0.2) is 25.0 Å². The predicted octanol–water partition coefficient (Wildman–Crippen LogP) is 1.01. The number of nitriles is 2. The predicted molar refractivity (Wildman–Crippen MR) is 71.5 cm³/mol. The minimum atomic E-state index is -1.57. The molecule has 7 heteroatoms. The normalized spacial score (nSPS) is 37.2. The van der Waals surface area contributed by atoms with Crippen LogP contribution in [0.1, 0.15) is 11.5 Å². The largest absolute Gasteiger partial charge is 0.386 e. The highest BCUT2D eigenvalue weighted by molar-refractivity contribution is 6.00. The van der Waals surface area contributed by atoms with Gasteiger partial charge in [-0.1, -0.05) is 12.1 Å². The smallest absolute Gasteiger partial charge is 0.293 e. The second-order valence-electron chi connectivity index (χ2n) is 5.60. The van der Waals surface area contributed by atoms with Crippen molar-refractivity contribution in [2.45, 2.75) is 11.8 Å². The van der Waals surface area contributed by atoms with Crippen LogP contribution >= 0.6 is 0 Å². The van der Waals surface area contributed by atoms with Crippen LogP contribution in [0.15, 0.2) is 29.3 Å². The summed E-state index contributed by atoms with van der Waals surface area (Å²) in [7, 11) is 0. The van der Waals surface area contributed by atoms with Crippen molar-refractivity contribution < 1.29 is 13.9 Å². The van der Waals surface area contributed by atoms with Crippen molar-refractivity contribution >= 4 is 5.84 Å². The van der Waals surface area contributed by atoms with Gasteiger partial charge in [0.25, 0.3) is 5.91 Å². The van der Waals surface area contributed by atoms with E-state index in [9.17, 15) is 14.9 Å². The molecular weight excluding hydrogens is 287 g/mol. The zero-order valence-corrected chi connectivity index (χ0v) is 11.4. The average molecular weight is 298 g/mol. The van der Waals surface area contributed by atoms with Crippen LogP contribution in [0.2, 0.25) is 0 Å². The molecule has 3 atom stereocenters. The molecular formula is C15H11FN4O2. The summed E-state index contributed by atoms with van der Waals surface area (Å²) in [6.07, 6.45) is 0. The molecule has 0 unspecified atom stereocenters. The highest BCUT2D eigenvalue weighted by Gasteiger charge is 2.94. The van der Waals surface area contributed by atoms with Crippen molar-refractivity contribution in [1.82, 2.24) is 0 Å². The van der Waals surface area contributed by atoms with E-state index in [1.54, 1.807) is 6.07 Å². The van der Waals surface area contributed by atoms with Crippen LogP contribution in [0.4, 0.5) is 4.39 Å². The van der Waals surface area contributed by atoms with E-state index < -0.39 is 28.5 Å². The first-order chi connectivity index (χ1) is 10.6. The first kappa shape index (κ1) is 13.2. The van der Waals surface area contributed by atoms with Crippen LogP contribution in [0, 0.1) is 39.3 Å². The number of aliphatic imine (C=N–C) groups is 1. The Morgan fingerprint density at radius 2 is 2.00 bits per heavy atom. The second-order valence-corrected chi connectivity index (χ2v) is 5.60. The number of nitrogens with two attached hydrogens (primary N) is 1. The number of nitrogens with zero attached hydrogens (tertiary/aromatic N) is 3. The molecule has 1 spiro atoms. The van der Waals surface area contributed by atoms with Crippen molar-refractivity contribution in [2.24, 2.45) is 21.6 Å². The molecule has 1 saturated carbocycles. The Kier molecular flexibility index (Phi) is 2.30. The lowest BCUT2D eigenvalue weighted by molar-refractivity contribution is -0.184. The van der Waals surface area contributed by atoms with Crippen LogP contribution < -0.4 is 5.73 Å². The average Bonchev–Trinajstić information content (AvgIpc) is 2.77. The van der Waals surface area contributed by atoms with Gasteiger partial charge >= 0.3 is 0 Å². The summed E-state index contributed by atoms with van der Waals surface area (Å²) in [5, 5.41) is 19.5. The molecule has 110 valence electrons. The van der Waals surface area contributed by atoms with E-state index in [4.69, 9.17) is 15.2 Å². The van der Waals surface area contributed by atoms with E-state index in [-0.39, 0.29) is 19.0 Å².